The van der Waals surface area contributed by atoms with Gasteiger partial charge in [0.1, 0.15) is 11.5 Å². The van der Waals surface area contributed by atoms with Crippen LogP contribution in [0.4, 0.5) is 4.79 Å². The highest BCUT2D eigenvalue weighted by Gasteiger charge is 2.16. The molecule has 2 rings (SSSR count). The van der Waals surface area contributed by atoms with Gasteiger partial charge in [-0.05, 0) is 74.9 Å². The van der Waals surface area contributed by atoms with Crippen LogP contribution in [0.25, 0.3) is 0 Å². The summed E-state index contributed by atoms with van der Waals surface area (Å²) in [5.41, 5.74) is 5.90. The van der Waals surface area contributed by atoms with E-state index in [0.29, 0.717) is 11.5 Å². The van der Waals surface area contributed by atoms with Gasteiger partial charge in [0, 0.05) is 0 Å². The van der Waals surface area contributed by atoms with E-state index in [1.54, 1.807) is 0 Å². The Morgan fingerprint density at radius 1 is 0.636 bits per heavy atom. The third kappa shape index (κ3) is 3.14. The summed E-state index contributed by atoms with van der Waals surface area (Å²) in [6.07, 6.45) is -0.700. The highest BCUT2D eigenvalue weighted by atomic mass is 16.7. The van der Waals surface area contributed by atoms with Gasteiger partial charge >= 0.3 is 6.16 Å². The number of aryl methyl sites for hydroxylation is 4. The Kier molecular flexibility index (Phi) is 4.55. The molecule has 0 fully saturated rings. The molecule has 2 aromatic carbocycles. The van der Waals surface area contributed by atoms with E-state index in [0.717, 1.165) is 33.4 Å². The molecule has 2 aromatic rings. The van der Waals surface area contributed by atoms with Crippen molar-refractivity contribution in [2.75, 3.05) is 0 Å². The van der Waals surface area contributed by atoms with Crippen molar-refractivity contribution in [2.45, 2.75) is 41.5 Å². The number of rotatable bonds is 2. The van der Waals surface area contributed by atoms with E-state index in [2.05, 4.69) is 0 Å². The van der Waals surface area contributed by atoms with Gasteiger partial charge in [-0.1, -0.05) is 24.3 Å². The molecule has 0 aromatic heterocycles. The van der Waals surface area contributed by atoms with E-state index in [1.165, 1.54) is 0 Å². The summed E-state index contributed by atoms with van der Waals surface area (Å²) in [5, 5.41) is 0. The summed E-state index contributed by atoms with van der Waals surface area (Å²) >= 11 is 0. The standard InChI is InChI=1S/C19H22O3/c1-11-7-9-13(3)17(15(11)5)21-19(20)22-18-14(4)10-8-12(2)16(18)6/h7-10H,1-6H3. The monoisotopic (exact) mass is 298 g/mol. The van der Waals surface area contributed by atoms with Gasteiger partial charge in [0.2, 0.25) is 0 Å². The topological polar surface area (TPSA) is 35.5 Å². The molecule has 0 bridgehead atoms. The molecule has 0 saturated heterocycles. The van der Waals surface area contributed by atoms with Crippen LogP contribution in [-0.4, -0.2) is 6.16 Å². The Labute approximate surface area is 131 Å². The van der Waals surface area contributed by atoms with Crippen molar-refractivity contribution in [2.24, 2.45) is 0 Å². The molecule has 0 aliphatic heterocycles. The van der Waals surface area contributed by atoms with Gasteiger partial charge < -0.3 is 9.47 Å². The Bertz CT molecular complexity index is 668. The molecule has 0 radical (unpaired) electrons. The van der Waals surface area contributed by atoms with E-state index in [9.17, 15) is 4.79 Å². The van der Waals surface area contributed by atoms with Gasteiger partial charge in [0.15, 0.2) is 0 Å². The van der Waals surface area contributed by atoms with Crippen LogP contribution < -0.4 is 9.47 Å². The first-order chi connectivity index (χ1) is 10.3. The summed E-state index contributed by atoms with van der Waals surface area (Å²) in [6.45, 7) is 11.7. The molecule has 0 heterocycles. The SMILES string of the molecule is Cc1ccc(C)c(OC(=O)Oc2c(C)ccc(C)c2C)c1C. The summed E-state index contributed by atoms with van der Waals surface area (Å²) < 4.78 is 10.9. The van der Waals surface area contributed by atoms with Crippen LogP contribution in [0.1, 0.15) is 33.4 Å². The zero-order valence-electron chi connectivity index (χ0n) is 14.0. The van der Waals surface area contributed by atoms with Crippen LogP contribution in [0.5, 0.6) is 11.5 Å². The summed E-state index contributed by atoms with van der Waals surface area (Å²) in [6, 6.07) is 7.90. The van der Waals surface area contributed by atoms with Crippen molar-refractivity contribution in [3.05, 3.63) is 57.6 Å². The number of benzene rings is 2. The normalized spacial score (nSPS) is 10.5. The second-order valence-electron chi connectivity index (χ2n) is 5.76. The van der Waals surface area contributed by atoms with Gasteiger partial charge in [-0.3, -0.25) is 0 Å². The second-order valence-corrected chi connectivity index (χ2v) is 5.76. The van der Waals surface area contributed by atoms with Crippen LogP contribution in [0, 0.1) is 41.5 Å². The van der Waals surface area contributed by atoms with E-state index < -0.39 is 6.16 Å². The lowest BCUT2D eigenvalue weighted by atomic mass is 10.1. The second kappa shape index (κ2) is 6.22. The minimum absolute atomic E-state index is 0.577. The predicted molar refractivity (Wildman–Crippen MR) is 88.0 cm³/mol. The van der Waals surface area contributed by atoms with E-state index in [-0.39, 0.29) is 0 Å². The van der Waals surface area contributed by atoms with Crippen molar-refractivity contribution in [1.82, 2.24) is 0 Å². The molecule has 0 atom stereocenters. The number of carbonyl (C=O) groups is 1. The van der Waals surface area contributed by atoms with E-state index >= 15 is 0 Å². The Balaban J connectivity index is 2.26. The molecule has 0 aliphatic rings. The number of carbonyl (C=O) groups excluding carboxylic acids is 1. The summed E-state index contributed by atoms with van der Waals surface area (Å²) in [5.74, 6) is 1.15. The van der Waals surface area contributed by atoms with Gasteiger partial charge in [-0.2, -0.15) is 0 Å². The molecule has 0 aliphatic carbocycles. The first-order valence-corrected chi connectivity index (χ1v) is 7.34. The van der Waals surface area contributed by atoms with Gasteiger partial charge in [0.25, 0.3) is 0 Å². The summed E-state index contributed by atoms with van der Waals surface area (Å²) in [4.78, 5) is 12.2. The van der Waals surface area contributed by atoms with Crippen molar-refractivity contribution in [3.8, 4) is 11.5 Å². The first kappa shape index (κ1) is 16.1. The maximum atomic E-state index is 12.2. The highest BCUT2D eigenvalue weighted by molar-refractivity contribution is 5.70. The Morgan fingerprint density at radius 2 is 0.955 bits per heavy atom. The lowest BCUT2D eigenvalue weighted by Crippen LogP contribution is -2.16. The zero-order valence-corrected chi connectivity index (χ0v) is 14.0. The van der Waals surface area contributed by atoms with Gasteiger partial charge in [0.05, 0.1) is 0 Å². The van der Waals surface area contributed by atoms with Gasteiger partial charge in [-0.25, -0.2) is 4.79 Å². The third-order valence-corrected chi connectivity index (χ3v) is 4.12. The van der Waals surface area contributed by atoms with Gasteiger partial charge in [-0.15, -0.1) is 0 Å². The molecular weight excluding hydrogens is 276 g/mol. The van der Waals surface area contributed by atoms with Crippen LogP contribution in [0.3, 0.4) is 0 Å². The van der Waals surface area contributed by atoms with Crippen molar-refractivity contribution < 1.29 is 14.3 Å². The van der Waals surface area contributed by atoms with Crippen molar-refractivity contribution in [3.63, 3.8) is 0 Å². The number of hydrogen-bond acceptors (Lipinski definition) is 3. The minimum atomic E-state index is -0.700. The molecule has 0 N–H and O–H groups in total. The van der Waals surface area contributed by atoms with Crippen LogP contribution in [0.15, 0.2) is 24.3 Å². The zero-order chi connectivity index (χ0) is 16.4. The molecule has 22 heavy (non-hydrogen) atoms. The van der Waals surface area contributed by atoms with Crippen LogP contribution in [-0.2, 0) is 0 Å². The fraction of sp³-hybridized carbons (Fsp3) is 0.316. The van der Waals surface area contributed by atoms with E-state index in [4.69, 9.17) is 9.47 Å². The molecule has 3 nitrogen and oxygen atoms in total. The molecular formula is C19H22O3. The van der Waals surface area contributed by atoms with Crippen LogP contribution >= 0.6 is 0 Å². The number of hydrogen-bond donors (Lipinski definition) is 0. The molecule has 0 saturated carbocycles. The Morgan fingerprint density at radius 3 is 1.32 bits per heavy atom. The third-order valence-electron chi connectivity index (χ3n) is 4.12. The minimum Gasteiger partial charge on any atom is -0.394 e. The lowest BCUT2D eigenvalue weighted by Gasteiger charge is -2.15. The van der Waals surface area contributed by atoms with Crippen molar-refractivity contribution in [1.29, 1.82) is 0 Å². The Hall–Kier alpha value is -2.29. The molecule has 0 spiro atoms. The fourth-order valence-corrected chi connectivity index (χ4v) is 2.35. The summed E-state index contributed by atoms with van der Waals surface area (Å²) in [7, 11) is 0. The first-order valence-electron chi connectivity index (χ1n) is 7.34. The smallest absolute Gasteiger partial charge is 0.394 e. The molecule has 0 unspecified atom stereocenters. The molecule has 116 valence electrons. The lowest BCUT2D eigenvalue weighted by molar-refractivity contribution is 0.150. The average Bonchev–Trinajstić information content (AvgIpc) is 2.48. The molecule has 0 amide bonds. The maximum absolute atomic E-state index is 12.2. The highest BCUT2D eigenvalue weighted by Crippen LogP contribution is 2.29. The largest absolute Gasteiger partial charge is 0.519 e. The van der Waals surface area contributed by atoms with Crippen molar-refractivity contribution >= 4 is 6.16 Å². The quantitative estimate of drug-likeness (QED) is 0.570. The van der Waals surface area contributed by atoms with Crippen LogP contribution in [0.2, 0.25) is 0 Å². The van der Waals surface area contributed by atoms with E-state index in [1.807, 2.05) is 65.8 Å². The molecule has 3 heteroatoms. The maximum Gasteiger partial charge on any atom is 0.519 e. The number of ether oxygens (including phenoxy) is 2. The average molecular weight is 298 g/mol. The fourth-order valence-electron chi connectivity index (χ4n) is 2.35. The predicted octanol–water partition coefficient (Wildman–Crippen LogP) is 5.11.